The average Bonchev–Trinajstić information content (AvgIpc) is 2.67. The zero-order chi connectivity index (χ0) is 21.8. The van der Waals surface area contributed by atoms with Gasteiger partial charge in [0, 0.05) is 0 Å². The molecule has 156 valence electrons. The number of aryl methyl sites for hydroxylation is 2. The quantitative estimate of drug-likeness (QED) is 0.409. The molecule has 0 aliphatic heterocycles. The molecule has 1 unspecified atom stereocenters. The van der Waals surface area contributed by atoms with Gasteiger partial charge in [0.05, 0.1) is 0 Å². The van der Waals surface area contributed by atoms with Gasteiger partial charge in [0.2, 0.25) is 0 Å². The Morgan fingerprint density at radius 1 is 0.750 bits per heavy atom. The standard InChI is InChI=1S/C23H35Si.3CH3.Ti/c1-15(2)24(16(3)4,22-12-17(5)11-18(6)13-22)23(10)14-19(7)20(8)21(23)9;;;;/h11-13,15-16H,1-10H3;3*1H3;. The fourth-order valence-electron chi connectivity index (χ4n) is 7.23. The van der Waals surface area contributed by atoms with Gasteiger partial charge in [0.15, 0.2) is 0 Å². The molecule has 0 aromatic heterocycles. The third-order valence-corrected chi connectivity index (χ3v) is 19.1. The van der Waals surface area contributed by atoms with Crippen molar-refractivity contribution in [2.45, 2.75) is 101 Å². The Balaban J connectivity index is 3.07. The number of hydrogen-bond acceptors (Lipinski definition) is 0. The summed E-state index contributed by atoms with van der Waals surface area (Å²) in [5, 5.41) is 9.75. The topological polar surface area (TPSA) is 0 Å². The third kappa shape index (κ3) is 3.30. The van der Waals surface area contributed by atoms with Crippen LogP contribution in [0.5, 0.6) is 0 Å². The van der Waals surface area contributed by atoms with Gasteiger partial charge in [-0.05, 0) is 0 Å². The van der Waals surface area contributed by atoms with Crippen molar-refractivity contribution in [1.29, 1.82) is 0 Å². The fourth-order valence-corrected chi connectivity index (χ4v) is 22.3. The maximum absolute atomic E-state index is 2.66. The summed E-state index contributed by atoms with van der Waals surface area (Å²) >= 11 is -2.08. The second-order valence-corrected chi connectivity index (χ2v) is 24.6. The first-order valence-corrected chi connectivity index (χ1v) is 18.7. The first-order chi connectivity index (χ1) is 12.6. The van der Waals surface area contributed by atoms with E-state index in [4.69, 9.17) is 0 Å². The van der Waals surface area contributed by atoms with Crippen LogP contribution in [0, 0.1) is 13.8 Å². The van der Waals surface area contributed by atoms with Crippen LogP contribution in [0.3, 0.4) is 0 Å². The number of hydrogen-bond donors (Lipinski definition) is 0. The van der Waals surface area contributed by atoms with Crippen molar-refractivity contribution in [2.24, 2.45) is 0 Å². The van der Waals surface area contributed by atoms with Gasteiger partial charge in [-0.25, -0.2) is 0 Å². The van der Waals surface area contributed by atoms with Crippen LogP contribution in [0.25, 0.3) is 0 Å². The molecule has 0 bridgehead atoms. The molecule has 1 aliphatic rings. The van der Waals surface area contributed by atoms with E-state index in [1.807, 2.05) is 3.88 Å². The van der Waals surface area contributed by atoms with Gasteiger partial charge < -0.3 is 0 Å². The summed E-state index contributed by atoms with van der Waals surface area (Å²) in [5.74, 6) is 0. The molecule has 0 radical (unpaired) electrons. The molecular weight excluding hydrogens is 388 g/mol. The SMILES string of the molecule is CC1=C(C)C(C)([Si](c2cc(C)cc(C)c2)(C(C)C)C(C)C)[C]([Ti]([CH3])([CH3])[CH3])=C1C. The molecular formula is C26H44SiTi. The molecule has 0 saturated heterocycles. The van der Waals surface area contributed by atoms with Crippen molar-refractivity contribution in [2.75, 3.05) is 0 Å². The minimum atomic E-state index is -2.08. The molecule has 0 spiro atoms. The Hall–Kier alpha value is -0.369. The van der Waals surface area contributed by atoms with E-state index in [1.165, 1.54) is 11.1 Å². The Kier molecular flexibility index (Phi) is 6.58. The molecule has 1 aromatic carbocycles. The molecule has 0 heterocycles. The van der Waals surface area contributed by atoms with Crippen molar-refractivity contribution in [3.8, 4) is 0 Å². The summed E-state index contributed by atoms with van der Waals surface area (Å²) < 4.78 is 1.88. The van der Waals surface area contributed by atoms with Crippen LogP contribution in [0.2, 0.25) is 31.8 Å². The van der Waals surface area contributed by atoms with Gasteiger partial charge in [-0.3, -0.25) is 0 Å². The van der Waals surface area contributed by atoms with Crippen molar-refractivity contribution >= 4 is 13.3 Å². The van der Waals surface area contributed by atoms with Crippen LogP contribution in [0.15, 0.2) is 38.8 Å². The summed E-state index contributed by atoms with van der Waals surface area (Å²) in [6.07, 6.45) is 0. The van der Waals surface area contributed by atoms with Gasteiger partial charge in [-0.1, -0.05) is 0 Å². The van der Waals surface area contributed by atoms with Crippen LogP contribution in [0.1, 0.15) is 66.5 Å². The molecule has 0 saturated carbocycles. The third-order valence-electron chi connectivity index (χ3n) is 7.85. The molecule has 0 fully saturated rings. The van der Waals surface area contributed by atoms with Crippen LogP contribution in [-0.4, -0.2) is 8.07 Å². The Morgan fingerprint density at radius 2 is 1.18 bits per heavy atom. The van der Waals surface area contributed by atoms with E-state index in [2.05, 4.69) is 103 Å². The predicted octanol–water partition coefficient (Wildman–Crippen LogP) is 8.46. The molecule has 2 heteroatoms. The van der Waals surface area contributed by atoms with E-state index in [9.17, 15) is 0 Å². The summed E-state index contributed by atoms with van der Waals surface area (Å²) in [4.78, 5) is 0. The van der Waals surface area contributed by atoms with E-state index in [1.54, 1.807) is 21.9 Å². The zero-order valence-electron chi connectivity index (χ0n) is 20.9. The molecule has 2 rings (SSSR count). The number of benzene rings is 1. The number of rotatable bonds is 5. The van der Waals surface area contributed by atoms with E-state index in [-0.39, 0.29) is 5.04 Å². The van der Waals surface area contributed by atoms with Gasteiger partial charge in [0.25, 0.3) is 0 Å². The monoisotopic (exact) mass is 432 g/mol. The van der Waals surface area contributed by atoms with Gasteiger partial charge in [-0.15, -0.1) is 0 Å². The normalized spacial score (nSPS) is 21.5. The van der Waals surface area contributed by atoms with E-state index in [0.29, 0.717) is 11.1 Å². The van der Waals surface area contributed by atoms with Crippen molar-refractivity contribution in [3.05, 3.63) is 49.9 Å². The Bertz CT molecular complexity index is 804. The fraction of sp³-hybridized carbons (Fsp3) is 0.615. The number of allylic oxidation sites excluding steroid dienone is 4. The predicted molar refractivity (Wildman–Crippen MR) is 129 cm³/mol. The molecule has 1 aromatic rings. The van der Waals surface area contributed by atoms with Crippen molar-refractivity contribution in [3.63, 3.8) is 0 Å². The first-order valence-electron chi connectivity index (χ1n) is 11.1. The summed E-state index contributed by atoms with van der Waals surface area (Å²) in [6.45, 7) is 24.6. The Morgan fingerprint density at radius 3 is 1.54 bits per heavy atom. The second kappa shape index (κ2) is 7.71. The van der Waals surface area contributed by atoms with Crippen LogP contribution in [-0.2, 0) is 16.6 Å². The average molecular weight is 433 g/mol. The van der Waals surface area contributed by atoms with Crippen LogP contribution >= 0.6 is 0 Å². The molecule has 1 aliphatic carbocycles. The maximum atomic E-state index is 2.66. The van der Waals surface area contributed by atoms with E-state index < -0.39 is 24.7 Å². The molecule has 1 atom stereocenters. The zero-order valence-corrected chi connectivity index (χ0v) is 23.4. The van der Waals surface area contributed by atoms with Crippen LogP contribution in [0.4, 0.5) is 0 Å². The van der Waals surface area contributed by atoms with Crippen LogP contribution < -0.4 is 5.19 Å². The molecule has 0 nitrogen and oxygen atoms in total. The van der Waals surface area contributed by atoms with Crippen molar-refractivity contribution < 1.29 is 16.6 Å². The van der Waals surface area contributed by atoms with E-state index in [0.717, 1.165) is 0 Å². The second-order valence-electron chi connectivity index (χ2n) is 11.2. The summed E-state index contributed by atoms with van der Waals surface area (Å²) in [7, 11) is -1.97. The minimum absolute atomic E-state index is 0.224. The van der Waals surface area contributed by atoms with Gasteiger partial charge >= 0.3 is 181 Å². The first kappa shape index (κ1) is 23.9. The molecule has 0 amide bonds. The van der Waals surface area contributed by atoms with Crippen molar-refractivity contribution in [1.82, 2.24) is 0 Å². The van der Waals surface area contributed by atoms with Gasteiger partial charge in [-0.2, -0.15) is 0 Å². The molecule has 0 N–H and O–H groups in total. The summed E-state index contributed by atoms with van der Waals surface area (Å²) in [6, 6.07) is 7.44. The molecule has 28 heavy (non-hydrogen) atoms. The Labute approximate surface area is 180 Å². The van der Waals surface area contributed by atoms with E-state index >= 15 is 0 Å². The van der Waals surface area contributed by atoms with Gasteiger partial charge in [0.1, 0.15) is 0 Å². The summed E-state index contributed by atoms with van der Waals surface area (Å²) in [5.41, 5.74) is 9.11.